The van der Waals surface area contributed by atoms with Gasteiger partial charge in [0.25, 0.3) is 0 Å². The van der Waals surface area contributed by atoms with Crippen LogP contribution in [0.3, 0.4) is 0 Å². The van der Waals surface area contributed by atoms with Crippen LogP contribution in [0.5, 0.6) is 0 Å². The van der Waals surface area contributed by atoms with Gasteiger partial charge in [-0.3, -0.25) is 0 Å². The smallest absolute Gasteiger partial charge is 0.225 e. The zero-order valence-corrected chi connectivity index (χ0v) is 10.6. The number of nitrogens with zero attached hydrogens (tertiary/aromatic N) is 4. The molecular weight excluding hydrogens is 234 g/mol. The van der Waals surface area contributed by atoms with Crippen molar-refractivity contribution >= 4 is 22.4 Å². The first-order chi connectivity index (χ1) is 8.15. The molecule has 0 amide bonds. The van der Waals surface area contributed by atoms with E-state index in [1.165, 1.54) is 16.9 Å². The molecule has 17 heavy (non-hydrogen) atoms. The highest BCUT2D eigenvalue weighted by molar-refractivity contribution is 7.18. The number of nitrogens with two attached hydrogens (primary N) is 1. The Morgan fingerprint density at radius 2 is 2.12 bits per heavy atom. The van der Waals surface area contributed by atoms with Crippen LogP contribution in [0.25, 0.3) is 10.6 Å². The van der Waals surface area contributed by atoms with Crippen molar-refractivity contribution in [3.8, 4) is 10.6 Å². The number of nitrogen functional groups attached to an aromatic ring is 1. The van der Waals surface area contributed by atoms with Gasteiger partial charge in [0.05, 0.1) is 16.3 Å². The van der Waals surface area contributed by atoms with Crippen LogP contribution in [0, 0.1) is 0 Å². The quantitative estimate of drug-likeness (QED) is 0.823. The molecular formula is C11H13N5S. The zero-order chi connectivity index (χ0) is 12.0. The molecule has 2 aromatic rings. The molecule has 0 unspecified atom stereocenters. The fourth-order valence-corrected chi connectivity index (χ4v) is 2.87. The monoisotopic (exact) mass is 247 g/mol. The minimum Gasteiger partial charge on any atom is -0.375 e. The highest BCUT2D eigenvalue weighted by Crippen LogP contribution is 2.37. The lowest BCUT2D eigenvalue weighted by Crippen LogP contribution is -2.15. The molecule has 0 bridgehead atoms. The van der Waals surface area contributed by atoms with Gasteiger partial charge in [-0.2, -0.15) is 0 Å². The number of anilines is 2. The van der Waals surface area contributed by atoms with Gasteiger partial charge in [-0.15, -0.1) is 0 Å². The normalized spacial score (nSPS) is 13.1. The van der Waals surface area contributed by atoms with Gasteiger partial charge in [0.1, 0.15) is 0 Å². The van der Waals surface area contributed by atoms with Crippen LogP contribution in [-0.4, -0.2) is 29.0 Å². The van der Waals surface area contributed by atoms with Crippen LogP contribution >= 0.6 is 11.3 Å². The van der Waals surface area contributed by atoms with Gasteiger partial charge in [0.15, 0.2) is 5.13 Å². The second-order valence-electron chi connectivity index (χ2n) is 4.27. The molecule has 0 saturated carbocycles. The number of hydrogen-bond donors (Lipinski definition) is 1. The van der Waals surface area contributed by atoms with Gasteiger partial charge >= 0.3 is 0 Å². The first kappa shape index (κ1) is 10.5. The molecule has 88 valence electrons. The van der Waals surface area contributed by atoms with Gasteiger partial charge < -0.3 is 10.6 Å². The third kappa shape index (κ3) is 1.64. The lowest BCUT2D eigenvalue weighted by molar-refractivity contribution is 0.878. The van der Waals surface area contributed by atoms with Gasteiger partial charge in [0.2, 0.25) is 5.95 Å². The Bertz CT molecular complexity index is 575. The molecule has 1 aliphatic carbocycles. The Balaban J connectivity index is 2.18. The van der Waals surface area contributed by atoms with E-state index in [0.29, 0.717) is 5.13 Å². The van der Waals surface area contributed by atoms with Gasteiger partial charge in [-0.25, -0.2) is 15.0 Å². The maximum atomic E-state index is 5.77. The highest BCUT2D eigenvalue weighted by atomic mass is 32.1. The van der Waals surface area contributed by atoms with Crippen molar-refractivity contribution in [3.05, 3.63) is 17.5 Å². The molecule has 3 rings (SSSR count). The van der Waals surface area contributed by atoms with Crippen molar-refractivity contribution in [2.45, 2.75) is 12.8 Å². The summed E-state index contributed by atoms with van der Waals surface area (Å²) in [5.41, 5.74) is 9.03. The Hall–Kier alpha value is -1.69. The van der Waals surface area contributed by atoms with Crippen molar-refractivity contribution in [2.75, 3.05) is 24.7 Å². The standard InChI is InChI=1S/C11H13N5S/c1-16(2)11-13-5-6-3-4-7-9(8(6)15-11)17-10(12)14-7/h5H,3-4H2,1-2H3,(H2,12,14). The average molecular weight is 247 g/mol. The van der Waals surface area contributed by atoms with Crippen LogP contribution in [0.4, 0.5) is 11.1 Å². The number of fused-ring (bicyclic) bond motifs is 3. The maximum Gasteiger partial charge on any atom is 0.225 e. The molecule has 5 nitrogen and oxygen atoms in total. The van der Waals surface area contributed by atoms with Crippen LogP contribution in [-0.2, 0) is 12.8 Å². The molecule has 0 aromatic carbocycles. The predicted octanol–water partition coefficient (Wildman–Crippen LogP) is 1.35. The molecule has 0 saturated heterocycles. The average Bonchev–Trinajstić information content (AvgIpc) is 2.69. The molecule has 0 spiro atoms. The second kappa shape index (κ2) is 3.66. The fraction of sp³-hybridized carbons (Fsp3) is 0.364. The molecule has 0 atom stereocenters. The molecule has 2 aromatic heterocycles. The number of rotatable bonds is 1. The Kier molecular flexibility index (Phi) is 2.25. The molecule has 1 aliphatic rings. The number of thiazole rings is 1. The van der Waals surface area contributed by atoms with Gasteiger partial charge in [0, 0.05) is 20.3 Å². The molecule has 0 radical (unpaired) electrons. The van der Waals surface area contributed by atoms with Crippen LogP contribution in [0.2, 0.25) is 0 Å². The molecule has 0 aliphatic heterocycles. The Morgan fingerprint density at radius 1 is 1.29 bits per heavy atom. The number of aryl methyl sites for hydroxylation is 2. The van der Waals surface area contributed by atoms with E-state index >= 15 is 0 Å². The second-order valence-corrected chi connectivity index (χ2v) is 5.30. The van der Waals surface area contributed by atoms with E-state index in [0.717, 1.165) is 35.1 Å². The van der Waals surface area contributed by atoms with Crippen LogP contribution in [0.15, 0.2) is 6.20 Å². The Labute approximate surface area is 103 Å². The topological polar surface area (TPSA) is 67.9 Å². The van der Waals surface area contributed by atoms with E-state index in [-0.39, 0.29) is 0 Å². The van der Waals surface area contributed by atoms with Crippen molar-refractivity contribution < 1.29 is 0 Å². The summed E-state index contributed by atoms with van der Waals surface area (Å²) in [7, 11) is 3.87. The van der Waals surface area contributed by atoms with Crippen molar-refractivity contribution in [1.82, 2.24) is 15.0 Å². The number of aromatic nitrogens is 3. The fourth-order valence-electron chi connectivity index (χ4n) is 1.97. The lowest BCUT2D eigenvalue weighted by Gasteiger charge is -2.16. The lowest BCUT2D eigenvalue weighted by atomic mass is 10.00. The number of hydrogen-bond acceptors (Lipinski definition) is 6. The minimum absolute atomic E-state index is 0.618. The van der Waals surface area contributed by atoms with Crippen molar-refractivity contribution in [1.29, 1.82) is 0 Å². The van der Waals surface area contributed by atoms with E-state index < -0.39 is 0 Å². The Morgan fingerprint density at radius 3 is 2.88 bits per heavy atom. The van der Waals surface area contributed by atoms with Crippen molar-refractivity contribution in [3.63, 3.8) is 0 Å². The van der Waals surface area contributed by atoms with E-state index in [4.69, 9.17) is 5.73 Å². The SMILES string of the molecule is CN(C)c1ncc2c(n1)-c1sc(N)nc1CC2. The summed E-state index contributed by atoms with van der Waals surface area (Å²) in [4.78, 5) is 16.3. The maximum absolute atomic E-state index is 5.77. The van der Waals surface area contributed by atoms with E-state index in [9.17, 15) is 0 Å². The zero-order valence-electron chi connectivity index (χ0n) is 9.77. The van der Waals surface area contributed by atoms with Crippen LogP contribution < -0.4 is 10.6 Å². The third-order valence-corrected chi connectivity index (χ3v) is 3.75. The van der Waals surface area contributed by atoms with Crippen molar-refractivity contribution in [2.24, 2.45) is 0 Å². The first-order valence-corrected chi connectivity index (χ1v) is 6.25. The first-order valence-electron chi connectivity index (χ1n) is 5.44. The summed E-state index contributed by atoms with van der Waals surface area (Å²) in [6.45, 7) is 0. The summed E-state index contributed by atoms with van der Waals surface area (Å²) < 4.78 is 0. The molecule has 6 heteroatoms. The molecule has 0 fully saturated rings. The van der Waals surface area contributed by atoms with Gasteiger partial charge in [-0.05, 0) is 18.4 Å². The van der Waals surface area contributed by atoms with E-state index in [1.54, 1.807) is 0 Å². The third-order valence-electron chi connectivity index (χ3n) is 2.81. The summed E-state index contributed by atoms with van der Waals surface area (Å²) >= 11 is 1.51. The summed E-state index contributed by atoms with van der Waals surface area (Å²) in [6.07, 6.45) is 3.79. The summed E-state index contributed by atoms with van der Waals surface area (Å²) in [5.74, 6) is 0.726. The van der Waals surface area contributed by atoms with Crippen LogP contribution in [0.1, 0.15) is 11.3 Å². The summed E-state index contributed by atoms with van der Waals surface area (Å²) in [5, 5.41) is 0.618. The molecule has 2 heterocycles. The minimum atomic E-state index is 0.618. The largest absolute Gasteiger partial charge is 0.375 e. The van der Waals surface area contributed by atoms with E-state index in [2.05, 4.69) is 15.0 Å². The van der Waals surface area contributed by atoms with Gasteiger partial charge in [-0.1, -0.05) is 11.3 Å². The predicted molar refractivity (Wildman–Crippen MR) is 69.3 cm³/mol. The highest BCUT2D eigenvalue weighted by Gasteiger charge is 2.22. The van der Waals surface area contributed by atoms with E-state index in [1.807, 2.05) is 25.2 Å². The summed E-state index contributed by atoms with van der Waals surface area (Å²) in [6, 6.07) is 0. The molecule has 2 N–H and O–H groups in total.